The van der Waals surface area contributed by atoms with E-state index in [1.807, 2.05) is 6.07 Å². The van der Waals surface area contributed by atoms with Gasteiger partial charge in [-0.3, -0.25) is 14.4 Å². The number of phenolic OH excluding ortho intramolecular Hbond substituents is 1. The Hall–Kier alpha value is -3.96. The number of carbonyl (C=O) groups excluding carboxylic acids is 3. The predicted octanol–water partition coefficient (Wildman–Crippen LogP) is -0.151. The first kappa shape index (κ1) is 28.6. The molecule has 11 nitrogen and oxygen atoms in total. The molecule has 204 valence electrons. The molecule has 5 atom stereocenters. The van der Waals surface area contributed by atoms with E-state index in [-0.39, 0.29) is 24.5 Å². The van der Waals surface area contributed by atoms with Gasteiger partial charge in [0.2, 0.25) is 17.7 Å². The van der Waals surface area contributed by atoms with E-state index >= 15 is 0 Å². The van der Waals surface area contributed by atoms with Gasteiger partial charge in [0.05, 0.1) is 12.1 Å². The second-order valence-corrected chi connectivity index (χ2v) is 9.40. The SMILES string of the molecule is CC(O)C(NC(=O)C(Cc1ccccc1)NC(=O)C1CCCN1)C(=O)NC(Cc1ccc(O)cc1)C(=O)O. The van der Waals surface area contributed by atoms with Crippen LogP contribution in [0.1, 0.15) is 30.9 Å². The van der Waals surface area contributed by atoms with Crippen molar-refractivity contribution in [2.45, 2.75) is 62.9 Å². The molecule has 0 aromatic heterocycles. The highest BCUT2D eigenvalue weighted by atomic mass is 16.4. The molecule has 2 aromatic carbocycles. The topological polar surface area (TPSA) is 177 Å². The summed E-state index contributed by atoms with van der Waals surface area (Å²) in [5.41, 5.74) is 1.34. The van der Waals surface area contributed by atoms with Crippen molar-refractivity contribution in [2.24, 2.45) is 0 Å². The van der Waals surface area contributed by atoms with Crippen LogP contribution in [0.3, 0.4) is 0 Å². The lowest BCUT2D eigenvalue weighted by atomic mass is 10.0. The first-order chi connectivity index (χ1) is 18.1. The van der Waals surface area contributed by atoms with Gasteiger partial charge < -0.3 is 36.6 Å². The van der Waals surface area contributed by atoms with Gasteiger partial charge >= 0.3 is 5.97 Å². The van der Waals surface area contributed by atoms with Gasteiger partial charge in [0.25, 0.3) is 0 Å². The van der Waals surface area contributed by atoms with E-state index in [0.29, 0.717) is 18.5 Å². The fourth-order valence-electron chi connectivity index (χ4n) is 4.23. The maximum absolute atomic E-state index is 13.3. The lowest BCUT2D eigenvalue weighted by molar-refractivity contribution is -0.143. The van der Waals surface area contributed by atoms with Gasteiger partial charge in [0, 0.05) is 12.8 Å². The molecular formula is C27H34N4O7. The van der Waals surface area contributed by atoms with E-state index in [9.17, 15) is 34.5 Å². The zero-order valence-electron chi connectivity index (χ0n) is 21.1. The Morgan fingerprint density at radius 2 is 1.53 bits per heavy atom. The zero-order chi connectivity index (χ0) is 27.7. The van der Waals surface area contributed by atoms with Crippen LogP contribution in [0.4, 0.5) is 0 Å². The molecule has 0 radical (unpaired) electrons. The number of carbonyl (C=O) groups is 4. The molecule has 38 heavy (non-hydrogen) atoms. The number of phenols is 1. The summed E-state index contributed by atoms with van der Waals surface area (Å²) in [6.45, 7) is 2.00. The molecule has 3 rings (SSSR count). The van der Waals surface area contributed by atoms with Crippen molar-refractivity contribution in [3.8, 4) is 5.75 Å². The summed E-state index contributed by atoms with van der Waals surface area (Å²) in [6, 6.07) is 10.6. The number of aliphatic hydroxyl groups is 1. The summed E-state index contributed by atoms with van der Waals surface area (Å²) in [7, 11) is 0. The third-order valence-electron chi connectivity index (χ3n) is 6.35. The van der Waals surface area contributed by atoms with Crippen LogP contribution in [-0.2, 0) is 32.0 Å². The molecule has 1 heterocycles. The van der Waals surface area contributed by atoms with E-state index in [4.69, 9.17) is 0 Å². The molecule has 0 saturated carbocycles. The second-order valence-electron chi connectivity index (χ2n) is 9.40. The Labute approximate surface area is 220 Å². The summed E-state index contributed by atoms with van der Waals surface area (Å²) >= 11 is 0. The van der Waals surface area contributed by atoms with Crippen molar-refractivity contribution >= 4 is 23.7 Å². The van der Waals surface area contributed by atoms with Gasteiger partial charge in [-0.1, -0.05) is 42.5 Å². The highest BCUT2D eigenvalue weighted by Crippen LogP contribution is 2.12. The maximum Gasteiger partial charge on any atom is 0.326 e. The van der Waals surface area contributed by atoms with E-state index < -0.39 is 48.1 Å². The third-order valence-corrected chi connectivity index (χ3v) is 6.35. The minimum absolute atomic E-state index is 0.0161. The van der Waals surface area contributed by atoms with Crippen LogP contribution in [0, 0.1) is 0 Å². The summed E-state index contributed by atoms with van der Waals surface area (Å²) in [5, 5.41) is 40.0. The van der Waals surface area contributed by atoms with Gasteiger partial charge in [-0.25, -0.2) is 4.79 Å². The number of benzene rings is 2. The molecule has 3 amide bonds. The average Bonchev–Trinajstić information content (AvgIpc) is 3.43. The Bertz CT molecular complexity index is 1100. The molecular weight excluding hydrogens is 492 g/mol. The van der Waals surface area contributed by atoms with E-state index in [1.165, 1.54) is 31.2 Å². The van der Waals surface area contributed by atoms with Gasteiger partial charge in [-0.15, -0.1) is 0 Å². The van der Waals surface area contributed by atoms with Crippen LogP contribution in [-0.4, -0.2) is 75.8 Å². The molecule has 1 aliphatic rings. The summed E-state index contributed by atoms with van der Waals surface area (Å²) in [4.78, 5) is 50.9. The van der Waals surface area contributed by atoms with Crippen LogP contribution >= 0.6 is 0 Å². The Balaban J connectivity index is 1.72. The molecule has 11 heteroatoms. The highest BCUT2D eigenvalue weighted by molar-refractivity contribution is 5.94. The summed E-state index contributed by atoms with van der Waals surface area (Å²) in [6.07, 6.45) is 0.196. The van der Waals surface area contributed by atoms with Crippen molar-refractivity contribution in [3.05, 3.63) is 65.7 Å². The van der Waals surface area contributed by atoms with Crippen LogP contribution in [0.2, 0.25) is 0 Å². The van der Waals surface area contributed by atoms with Crippen LogP contribution in [0.25, 0.3) is 0 Å². The predicted molar refractivity (Wildman–Crippen MR) is 138 cm³/mol. The largest absolute Gasteiger partial charge is 0.508 e. The van der Waals surface area contributed by atoms with Crippen molar-refractivity contribution in [1.82, 2.24) is 21.3 Å². The van der Waals surface area contributed by atoms with Gasteiger partial charge in [-0.05, 0) is 49.6 Å². The van der Waals surface area contributed by atoms with Crippen LogP contribution in [0.15, 0.2) is 54.6 Å². The molecule has 0 bridgehead atoms. The third kappa shape index (κ3) is 8.29. The normalized spacial score (nSPS) is 18.0. The molecule has 7 N–H and O–H groups in total. The monoisotopic (exact) mass is 526 g/mol. The summed E-state index contributed by atoms with van der Waals surface area (Å²) < 4.78 is 0. The smallest absolute Gasteiger partial charge is 0.326 e. The van der Waals surface area contributed by atoms with Crippen LogP contribution in [0.5, 0.6) is 5.75 Å². The number of rotatable bonds is 12. The second kappa shape index (κ2) is 13.5. The average molecular weight is 527 g/mol. The van der Waals surface area contributed by atoms with Crippen molar-refractivity contribution < 1.29 is 34.5 Å². The van der Waals surface area contributed by atoms with Crippen molar-refractivity contribution in [2.75, 3.05) is 6.54 Å². The Morgan fingerprint density at radius 3 is 2.11 bits per heavy atom. The molecule has 1 saturated heterocycles. The number of nitrogens with one attached hydrogen (secondary N) is 4. The zero-order valence-corrected chi connectivity index (χ0v) is 21.1. The minimum atomic E-state index is -1.47. The van der Waals surface area contributed by atoms with E-state index in [2.05, 4.69) is 21.3 Å². The molecule has 1 fully saturated rings. The molecule has 0 aliphatic carbocycles. The maximum atomic E-state index is 13.3. The molecule has 0 spiro atoms. The molecule has 5 unspecified atom stereocenters. The minimum Gasteiger partial charge on any atom is -0.508 e. The fraction of sp³-hybridized carbons (Fsp3) is 0.407. The Morgan fingerprint density at radius 1 is 0.895 bits per heavy atom. The summed E-state index contributed by atoms with van der Waals surface area (Å²) in [5.74, 6) is -3.20. The number of carboxylic acids is 1. The first-order valence-electron chi connectivity index (χ1n) is 12.5. The van der Waals surface area contributed by atoms with Crippen molar-refractivity contribution in [3.63, 3.8) is 0 Å². The number of hydrogen-bond donors (Lipinski definition) is 7. The Kier molecular flexibility index (Phi) is 10.2. The number of aromatic hydroxyl groups is 1. The van der Waals surface area contributed by atoms with E-state index in [1.54, 1.807) is 24.3 Å². The molecule has 2 aromatic rings. The van der Waals surface area contributed by atoms with Gasteiger partial charge in [0.1, 0.15) is 23.9 Å². The number of carboxylic acid groups (broad SMARTS) is 1. The first-order valence-corrected chi connectivity index (χ1v) is 12.5. The highest BCUT2D eigenvalue weighted by Gasteiger charge is 2.33. The van der Waals surface area contributed by atoms with Crippen LogP contribution < -0.4 is 21.3 Å². The molecule has 1 aliphatic heterocycles. The van der Waals surface area contributed by atoms with E-state index in [0.717, 1.165) is 12.0 Å². The van der Waals surface area contributed by atoms with Crippen molar-refractivity contribution in [1.29, 1.82) is 0 Å². The quantitative estimate of drug-likeness (QED) is 0.200. The lowest BCUT2D eigenvalue weighted by Gasteiger charge is -2.26. The van der Waals surface area contributed by atoms with Gasteiger partial charge in [-0.2, -0.15) is 0 Å². The lowest BCUT2D eigenvalue weighted by Crippen LogP contribution is -2.60. The number of hydrogen-bond acceptors (Lipinski definition) is 7. The number of aliphatic carboxylic acids is 1. The number of aliphatic hydroxyl groups excluding tert-OH is 1. The fourth-order valence-corrected chi connectivity index (χ4v) is 4.23. The number of amides is 3. The standard InChI is InChI=1S/C27H34N4O7/c1-16(32)23(26(36)30-22(27(37)38)15-18-9-11-19(33)12-10-18)31-25(35)21(14-17-6-3-2-4-7-17)29-24(34)20-8-5-13-28-20/h2-4,6-7,9-12,16,20-23,28,32-33H,5,8,13-15H2,1H3,(H,29,34)(H,30,36)(H,31,35)(H,37,38). The van der Waals surface area contributed by atoms with Gasteiger partial charge in [0.15, 0.2) is 0 Å².